The standard InChI is InChI=1S/C12H7ClFN3O/c13-8-3-11(16)12(17-6-8)18-9-2-1-7(5-15)10(14)4-9/h1-4,6H,16H2. The maximum atomic E-state index is 13.3. The number of hydrogen-bond acceptors (Lipinski definition) is 4. The average Bonchev–Trinajstić information content (AvgIpc) is 2.33. The van der Waals surface area contributed by atoms with Gasteiger partial charge in [-0.1, -0.05) is 11.6 Å². The number of anilines is 1. The lowest BCUT2D eigenvalue weighted by atomic mass is 10.2. The van der Waals surface area contributed by atoms with Crippen molar-refractivity contribution in [2.75, 3.05) is 5.73 Å². The van der Waals surface area contributed by atoms with Gasteiger partial charge in [0.15, 0.2) is 0 Å². The molecule has 18 heavy (non-hydrogen) atoms. The fourth-order valence-corrected chi connectivity index (χ4v) is 1.46. The SMILES string of the molecule is N#Cc1ccc(Oc2ncc(Cl)cc2N)cc1F. The Hall–Kier alpha value is -2.32. The molecule has 0 saturated carbocycles. The van der Waals surface area contributed by atoms with Gasteiger partial charge in [0.1, 0.15) is 17.6 Å². The highest BCUT2D eigenvalue weighted by atomic mass is 35.5. The van der Waals surface area contributed by atoms with E-state index in [0.717, 1.165) is 6.07 Å². The molecule has 2 aromatic rings. The number of halogens is 2. The van der Waals surface area contributed by atoms with E-state index in [0.29, 0.717) is 5.02 Å². The van der Waals surface area contributed by atoms with E-state index >= 15 is 0 Å². The number of nitrogen functional groups attached to an aromatic ring is 1. The molecule has 0 unspecified atom stereocenters. The van der Waals surface area contributed by atoms with Crippen LogP contribution in [-0.2, 0) is 0 Å². The molecule has 1 heterocycles. The topological polar surface area (TPSA) is 71.9 Å². The Morgan fingerprint density at radius 2 is 2.17 bits per heavy atom. The van der Waals surface area contributed by atoms with Crippen LogP contribution in [0.25, 0.3) is 0 Å². The minimum absolute atomic E-state index is 0.0561. The second kappa shape index (κ2) is 4.90. The molecule has 0 amide bonds. The molecule has 4 nitrogen and oxygen atoms in total. The van der Waals surface area contributed by atoms with Crippen LogP contribution in [-0.4, -0.2) is 4.98 Å². The van der Waals surface area contributed by atoms with Crippen LogP contribution in [0.15, 0.2) is 30.5 Å². The van der Waals surface area contributed by atoms with E-state index in [4.69, 9.17) is 27.3 Å². The lowest BCUT2D eigenvalue weighted by Crippen LogP contribution is -1.95. The first-order valence-electron chi connectivity index (χ1n) is 4.88. The molecule has 0 radical (unpaired) electrons. The molecule has 1 aromatic carbocycles. The maximum Gasteiger partial charge on any atom is 0.242 e. The fourth-order valence-electron chi connectivity index (χ4n) is 1.29. The first-order valence-corrected chi connectivity index (χ1v) is 5.26. The van der Waals surface area contributed by atoms with E-state index in [9.17, 15) is 4.39 Å². The molecule has 1 aromatic heterocycles. The van der Waals surface area contributed by atoms with Gasteiger partial charge in [-0.3, -0.25) is 0 Å². The predicted molar refractivity (Wildman–Crippen MR) is 64.8 cm³/mol. The minimum Gasteiger partial charge on any atom is -0.437 e. The molecule has 0 saturated heterocycles. The third kappa shape index (κ3) is 2.50. The molecule has 0 aliphatic heterocycles. The molecule has 0 spiro atoms. The van der Waals surface area contributed by atoms with Crippen LogP contribution in [0.2, 0.25) is 5.02 Å². The van der Waals surface area contributed by atoms with Crippen molar-refractivity contribution in [3.05, 3.63) is 46.9 Å². The second-order valence-corrected chi connectivity index (χ2v) is 3.84. The number of aromatic nitrogens is 1. The number of benzene rings is 1. The van der Waals surface area contributed by atoms with E-state index in [-0.39, 0.29) is 22.9 Å². The third-order valence-electron chi connectivity index (χ3n) is 2.12. The largest absolute Gasteiger partial charge is 0.437 e. The molecule has 0 aliphatic carbocycles. The summed E-state index contributed by atoms with van der Waals surface area (Å²) in [6.45, 7) is 0. The number of nitriles is 1. The molecule has 0 bridgehead atoms. The number of pyridine rings is 1. The minimum atomic E-state index is -0.664. The maximum absolute atomic E-state index is 13.3. The molecule has 90 valence electrons. The van der Waals surface area contributed by atoms with Gasteiger partial charge in [0, 0.05) is 12.3 Å². The van der Waals surface area contributed by atoms with Crippen molar-refractivity contribution < 1.29 is 9.13 Å². The summed E-state index contributed by atoms with van der Waals surface area (Å²) in [7, 11) is 0. The summed E-state index contributed by atoms with van der Waals surface area (Å²) in [4.78, 5) is 3.88. The van der Waals surface area contributed by atoms with Crippen molar-refractivity contribution in [3.8, 4) is 17.7 Å². The molecule has 6 heteroatoms. The van der Waals surface area contributed by atoms with Crippen LogP contribution in [0.5, 0.6) is 11.6 Å². The monoisotopic (exact) mass is 263 g/mol. The lowest BCUT2D eigenvalue weighted by Gasteiger charge is -2.07. The Labute approximate surface area is 107 Å². The van der Waals surface area contributed by atoms with Gasteiger partial charge in [-0.2, -0.15) is 5.26 Å². The zero-order valence-electron chi connectivity index (χ0n) is 9.02. The number of hydrogen-bond donors (Lipinski definition) is 1. The van der Waals surface area contributed by atoms with Crippen LogP contribution in [0.3, 0.4) is 0 Å². The Morgan fingerprint density at radius 1 is 1.39 bits per heavy atom. The second-order valence-electron chi connectivity index (χ2n) is 3.40. The fraction of sp³-hybridized carbons (Fsp3) is 0. The Balaban J connectivity index is 2.29. The molecule has 2 N–H and O–H groups in total. The van der Waals surface area contributed by atoms with E-state index in [1.54, 1.807) is 6.07 Å². The van der Waals surface area contributed by atoms with Crippen molar-refractivity contribution >= 4 is 17.3 Å². The number of nitrogens with zero attached hydrogens (tertiary/aromatic N) is 2. The lowest BCUT2D eigenvalue weighted by molar-refractivity contribution is 0.460. The average molecular weight is 264 g/mol. The van der Waals surface area contributed by atoms with E-state index in [1.165, 1.54) is 24.4 Å². The molecular weight excluding hydrogens is 257 g/mol. The third-order valence-corrected chi connectivity index (χ3v) is 2.33. The quantitative estimate of drug-likeness (QED) is 0.903. The van der Waals surface area contributed by atoms with Crippen molar-refractivity contribution in [1.29, 1.82) is 5.26 Å². The number of ether oxygens (including phenoxy) is 1. The van der Waals surface area contributed by atoms with Crippen molar-refractivity contribution in [3.63, 3.8) is 0 Å². The normalized spacial score (nSPS) is 9.83. The van der Waals surface area contributed by atoms with Crippen LogP contribution < -0.4 is 10.5 Å². The van der Waals surface area contributed by atoms with Crippen LogP contribution in [0.1, 0.15) is 5.56 Å². The van der Waals surface area contributed by atoms with Crippen molar-refractivity contribution in [1.82, 2.24) is 4.98 Å². The summed E-state index contributed by atoms with van der Waals surface area (Å²) in [5.74, 6) is -0.334. The van der Waals surface area contributed by atoms with Gasteiger partial charge >= 0.3 is 0 Å². The molecule has 0 atom stereocenters. The molecule has 0 aliphatic rings. The van der Waals surface area contributed by atoms with Crippen LogP contribution in [0, 0.1) is 17.1 Å². The summed E-state index contributed by atoms with van der Waals surface area (Å²) in [6.07, 6.45) is 1.37. The summed E-state index contributed by atoms with van der Waals surface area (Å²) in [6, 6.07) is 7.06. The van der Waals surface area contributed by atoms with Crippen molar-refractivity contribution in [2.45, 2.75) is 0 Å². The van der Waals surface area contributed by atoms with Gasteiger partial charge in [-0.15, -0.1) is 0 Å². The Kier molecular flexibility index (Phi) is 3.31. The van der Waals surface area contributed by atoms with Crippen LogP contribution >= 0.6 is 11.6 Å². The molecular formula is C12H7ClFN3O. The van der Waals surface area contributed by atoms with Gasteiger partial charge in [-0.05, 0) is 18.2 Å². The van der Waals surface area contributed by atoms with Gasteiger partial charge in [0.05, 0.1) is 16.3 Å². The van der Waals surface area contributed by atoms with Gasteiger partial charge in [0.25, 0.3) is 0 Å². The summed E-state index contributed by atoms with van der Waals surface area (Å²) in [5, 5.41) is 8.98. The molecule has 0 fully saturated rings. The first-order chi connectivity index (χ1) is 8.60. The van der Waals surface area contributed by atoms with Gasteiger partial charge < -0.3 is 10.5 Å². The zero-order chi connectivity index (χ0) is 13.1. The van der Waals surface area contributed by atoms with Crippen molar-refractivity contribution in [2.24, 2.45) is 0 Å². The van der Waals surface area contributed by atoms with E-state index < -0.39 is 5.82 Å². The Bertz CT molecular complexity index is 640. The van der Waals surface area contributed by atoms with Crippen LogP contribution in [0.4, 0.5) is 10.1 Å². The van der Waals surface area contributed by atoms with E-state index in [2.05, 4.69) is 4.98 Å². The summed E-state index contributed by atoms with van der Waals surface area (Å²) >= 11 is 5.69. The summed E-state index contributed by atoms with van der Waals surface area (Å²) < 4.78 is 18.6. The first kappa shape index (κ1) is 12.1. The van der Waals surface area contributed by atoms with Gasteiger partial charge in [-0.25, -0.2) is 9.37 Å². The number of rotatable bonds is 2. The smallest absolute Gasteiger partial charge is 0.242 e. The van der Waals surface area contributed by atoms with E-state index in [1.807, 2.05) is 0 Å². The Morgan fingerprint density at radius 3 is 2.78 bits per heavy atom. The number of nitrogens with two attached hydrogens (primary N) is 1. The van der Waals surface area contributed by atoms with Gasteiger partial charge in [0.2, 0.25) is 5.88 Å². The highest BCUT2D eigenvalue weighted by Gasteiger charge is 2.07. The predicted octanol–water partition coefficient (Wildman–Crippen LogP) is 3.12. The summed E-state index contributed by atoms with van der Waals surface area (Å²) in [5.41, 5.74) is 5.83. The highest BCUT2D eigenvalue weighted by molar-refractivity contribution is 6.30. The zero-order valence-corrected chi connectivity index (χ0v) is 9.78. The molecule has 2 rings (SSSR count). The highest BCUT2D eigenvalue weighted by Crippen LogP contribution is 2.27.